The van der Waals surface area contributed by atoms with Gasteiger partial charge in [-0.15, -0.1) is 0 Å². The summed E-state index contributed by atoms with van der Waals surface area (Å²) in [5.41, 5.74) is 3.19. The first kappa shape index (κ1) is 11.5. The van der Waals surface area contributed by atoms with Crippen LogP contribution < -0.4 is 0 Å². The molecule has 1 rings (SSSR count). The average molecular weight is 255 g/mol. The van der Waals surface area contributed by atoms with Crippen LogP contribution >= 0.6 is 15.9 Å². The van der Waals surface area contributed by atoms with E-state index in [4.69, 9.17) is 0 Å². The third-order valence-electron chi connectivity index (χ3n) is 2.04. The van der Waals surface area contributed by atoms with Gasteiger partial charge in [-0.05, 0) is 44.0 Å². The summed E-state index contributed by atoms with van der Waals surface area (Å²) in [6, 6.07) is 5.91. The minimum absolute atomic E-state index is 0.493. The third kappa shape index (κ3) is 2.96. The number of hydrogen-bond acceptors (Lipinski definition) is 1. The van der Waals surface area contributed by atoms with Gasteiger partial charge < -0.3 is 5.11 Å². The topological polar surface area (TPSA) is 20.2 Å². The predicted molar refractivity (Wildman–Crippen MR) is 63.3 cm³/mol. The van der Waals surface area contributed by atoms with Gasteiger partial charge in [0.05, 0.1) is 6.10 Å². The second-order valence-electron chi connectivity index (χ2n) is 3.69. The number of benzene rings is 1. The lowest BCUT2D eigenvalue weighted by Gasteiger charge is -2.10. The Morgan fingerprint density at radius 3 is 2.57 bits per heavy atom. The molecule has 1 atom stereocenters. The molecule has 0 bridgehead atoms. The van der Waals surface area contributed by atoms with Crippen molar-refractivity contribution in [3.05, 3.63) is 45.4 Å². The zero-order valence-corrected chi connectivity index (χ0v) is 10.3. The van der Waals surface area contributed by atoms with Crippen LogP contribution in [-0.2, 0) is 0 Å². The van der Waals surface area contributed by atoms with Crippen molar-refractivity contribution in [1.82, 2.24) is 0 Å². The van der Waals surface area contributed by atoms with Crippen molar-refractivity contribution in [2.75, 3.05) is 0 Å². The molecule has 1 aromatic carbocycles. The Hall–Kier alpha value is -0.600. The van der Waals surface area contributed by atoms with Crippen LogP contribution in [0.25, 0.3) is 0 Å². The van der Waals surface area contributed by atoms with Crippen molar-refractivity contribution in [3.63, 3.8) is 0 Å². The predicted octanol–water partition coefficient (Wildman–Crippen LogP) is 3.76. The Bertz CT molecular complexity index is 351. The number of halogens is 1. The average Bonchev–Trinajstić information content (AvgIpc) is 2.01. The van der Waals surface area contributed by atoms with Crippen molar-refractivity contribution in [2.24, 2.45) is 0 Å². The molecule has 0 saturated heterocycles. The number of aryl methyl sites for hydroxylation is 1. The number of aliphatic hydroxyl groups is 1. The summed E-state index contributed by atoms with van der Waals surface area (Å²) in [4.78, 5) is 0. The number of hydrogen-bond donors (Lipinski definition) is 1. The van der Waals surface area contributed by atoms with Gasteiger partial charge in [-0.2, -0.15) is 0 Å². The second-order valence-corrected chi connectivity index (χ2v) is 4.61. The quantitative estimate of drug-likeness (QED) is 0.798. The zero-order valence-electron chi connectivity index (χ0n) is 8.71. The normalized spacial score (nSPS) is 12.4. The molecule has 0 aromatic heterocycles. The fraction of sp³-hybridized carbons (Fsp3) is 0.333. The van der Waals surface area contributed by atoms with E-state index in [0.717, 1.165) is 21.2 Å². The van der Waals surface area contributed by atoms with E-state index in [0.29, 0.717) is 0 Å². The van der Waals surface area contributed by atoms with E-state index >= 15 is 0 Å². The molecule has 1 nitrogen and oxygen atoms in total. The Kier molecular flexibility index (Phi) is 3.90. The van der Waals surface area contributed by atoms with E-state index < -0.39 is 6.10 Å². The maximum atomic E-state index is 9.87. The lowest BCUT2D eigenvalue weighted by Crippen LogP contribution is -1.96. The van der Waals surface area contributed by atoms with Crippen molar-refractivity contribution < 1.29 is 5.11 Å². The molecule has 0 heterocycles. The van der Waals surface area contributed by atoms with Crippen LogP contribution in [-0.4, -0.2) is 5.11 Å². The molecule has 1 N–H and O–H groups in total. The summed E-state index contributed by atoms with van der Waals surface area (Å²) in [5, 5.41) is 9.87. The van der Waals surface area contributed by atoms with Gasteiger partial charge >= 0.3 is 0 Å². The smallest absolute Gasteiger partial charge is 0.0976 e. The minimum atomic E-state index is -0.493. The molecule has 0 amide bonds. The minimum Gasteiger partial charge on any atom is -0.384 e. The lowest BCUT2D eigenvalue weighted by atomic mass is 10.0. The van der Waals surface area contributed by atoms with E-state index in [1.165, 1.54) is 0 Å². The molecule has 0 radical (unpaired) electrons. The van der Waals surface area contributed by atoms with Gasteiger partial charge in [0.15, 0.2) is 0 Å². The second kappa shape index (κ2) is 4.76. The largest absolute Gasteiger partial charge is 0.384 e. The van der Waals surface area contributed by atoms with Crippen LogP contribution in [0.1, 0.15) is 31.1 Å². The molecule has 0 aliphatic carbocycles. The van der Waals surface area contributed by atoms with E-state index in [2.05, 4.69) is 15.9 Å². The number of allylic oxidation sites excluding steroid dienone is 1. The van der Waals surface area contributed by atoms with E-state index in [1.54, 1.807) is 0 Å². The molecule has 0 spiro atoms. The molecule has 1 unspecified atom stereocenters. The first-order valence-electron chi connectivity index (χ1n) is 4.60. The maximum Gasteiger partial charge on any atom is 0.0976 e. The Balaban J connectivity index is 3.02. The van der Waals surface area contributed by atoms with Crippen LogP contribution in [0.2, 0.25) is 0 Å². The fourth-order valence-electron chi connectivity index (χ4n) is 1.38. The molecule has 76 valence electrons. The molecular formula is C12H15BrO. The first-order valence-corrected chi connectivity index (χ1v) is 5.39. The highest BCUT2D eigenvalue weighted by Gasteiger charge is 2.07. The van der Waals surface area contributed by atoms with Gasteiger partial charge in [0.25, 0.3) is 0 Å². The van der Waals surface area contributed by atoms with Gasteiger partial charge in [0.1, 0.15) is 0 Å². The summed E-state index contributed by atoms with van der Waals surface area (Å²) in [6.07, 6.45) is 1.36. The summed E-state index contributed by atoms with van der Waals surface area (Å²) in [5.74, 6) is 0. The van der Waals surface area contributed by atoms with Gasteiger partial charge in [-0.1, -0.05) is 33.6 Å². The molecule has 14 heavy (non-hydrogen) atoms. The molecule has 0 aliphatic heterocycles. The SMILES string of the molecule is CC(C)=CC(O)c1ccc(Br)cc1C. The van der Waals surface area contributed by atoms with Crippen LogP contribution in [0.4, 0.5) is 0 Å². The van der Waals surface area contributed by atoms with Gasteiger partial charge in [-0.3, -0.25) is 0 Å². The van der Waals surface area contributed by atoms with Gasteiger partial charge in [0, 0.05) is 4.47 Å². The third-order valence-corrected chi connectivity index (χ3v) is 2.53. The van der Waals surface area contributed by atoms with Crippen LogP contribution in [0.15, 0.2) is 34.3 Å². The highest BCUT2D eigenvalue weighted by Crippen LogP contribution is 2.23. The molecular weight excluding hydrogens is 240 g/mol. The summed E-state index contributed by atoms with van der Waals surface area (Å²) in [6.45, 7) is 5.97. The fourth-order valence-corrected chi connectivity index (χ4v) is 1.85. The van der Waals surface area contributed by atoms with E-state index in [-0.39, 0.29) is 0 Å². The lowest BCUT2D eigenvalue weighted by molar-refractivity contribution is 0.227. The Morgan fingerprint density at radius 2 is 2.07 bits per heavy atom. The summed E-state index contributed by atoms with van der Waals surface area (Å²) >= 11 is 3.40. The maximum absolute atomic E-state index is 9.87. The molecule has 1 aromatic rings. The Morgan fingerprint density at radius 1 is 1.43 bits per heavy atom. The molecule has 0 saturated carbocycles. The first-order chi connectivity index (χ1) is 6.50. The number of aliphatic hydroxyl groups excluding tert-OH is 1. The monoisotopic (exact) mass is 254 g/mol. The standard InChI is InChI=1S/C12H15BrO/c1-8(2)6-12(14)11-5-4-10(13)7-9(11)3/h4-7,12,14H,1-3H3. The van der Waals surface area contributed by atoms with E-state index in [1.807, 2.05) is 45.0 Å². The molecule has 0 fully saturated rings. The highest BCUT2D eigenvalue weighted by atomic mass is 79.9. The highest BCUT2D eigenvalue weighted by molar-refractivity contribution is 9.10. The summed E-state index contributed by atoms with van der Waals surface area (Å²) < 4.78 is 1.04. The van der Waals surface area contributed by atoms with Crippen molar-refractivity contribution in [3.8, 4) is 0 Å². The number of rotatable bonds is 2. The van der Waals surface area contributed by atoms with Crippen LogP contribution in [0.5, 0.6) is 0 Å². The zero-order chi connectivity index (χ0) is 10.7. The molecule has 0 aliphatic rings. The summed E-state index contributed by atoms with van der Waals surface area (Å²) in [7, 11) is 0. The van der Waals surface area contributed by atoms with Crippen molar-refractivity contribution in [2.45, 2.75) is 26.9 Å². The van der Waals surface area contributed by atoms with Gasteiger partial charge in [-0.25, -0.2) is 0 Å². The molecule has 2 heteroatoms. The Labute approximate surface area is 93.6 Å². The van der Waals surface area contributed by atoms with Crippen LogP contribution in [0, 0.1) is 6.92 Å². The van der Waals surface area contributed by atoms with E-state index in [9.17, 15) is 5.11 Å². The van der Waals surface area contributed by atoms with Crippen LogP contribution in [0.3, 0.4) is 0 Å². The van der Waals surface area contributed by atoms with Crippen molar-refractivity contribution >= 4 is 15.9 Å². The van der Waals surface area contributed by atoms with Crippen molar-refractivity contribution in [1.29, 1.82) is 0 Å². The van der Waals surface area contributed by atoms with Gasteiger partial charge in [0.2, 0.25) is 0 Å².